The van der Waals surface area contributed by atoms with E-state index in [1.54, 1.807) is 6.08 Å². The van der Waals surface area contributed by atoms with Gasteiger partial charge >= 0.3 is 0 Å². The lowest BCUT2D eigenvalue weighted by Gasteiger charge is -2.54. The molecule has 1 saturated heterocycles. The number of allylic oxidation sites excluding steroid dienone is 2. The van der Waals surface area contributed by atoms with Crippen LogP contribution in [0.1, 0.15) is 46.0 Å². The molecule has 0 aromatic heterocycles. The van der Waals surface area contributed by atoms with Crippen LogP contribution in [0.2, 0.25) is 0 Å². The quantitative estimate of drug-likeness (QED) is 0.594. The first kappa shape index (κ1) is 17.2. The lowest BCUT2D eigenvalue weighted by molar-refractivity contribution is -0.119. The molecule has 5 aliphatic rings. The maximum Gasteiger partial charge on any atom is 0.194 e. The summed E-state index contributed by atoms with van der Waals surface area (Å²) < 4.78 is 6.50. The molecule has 1 heterocycles. The lowest BCUT2D eigenvalue weighted by Crippen LogP contribution is -2.56. The summed E-state index contributed by atoms with van der Waals surface area (Å²) in [5, 5.41) is 9.33. The van der Waals surface area contributed by atoms with Gasteiger partial charge in [0, 0.05) is 11.3 Å². The molecule has 5 rings (SSSR count). The van der Waals surface area contributed by atoms with Gasteiger partial charge in [0.05, 0.1) is 12.0 Å². The summed E-state index contributed by atoms with van der Waals surface area (Å²) in [6.07, 6.45) is 10.7. The Morgan fingerprint density at radius 3 is 2.88 bits per heavy atom. The number of carbonyl (C=O) groups excluding carboxylic acids is 2. The topological polar surface area (TPSA) is 66.9 Å². The maximum absolute atomic E-state index is 12.6. The number of aliphatic hydroxyl groups excluding tert-OH is 1. The van der Waals surface area contributed by atoms with E-state index in [4.69, 9.17) is 4.74 Å². The summed E-state index contributed by atoms with van der Waals surface area (Å²) in [6, 6.07) is 0. The standard InChI is InChI=1S/C21H26O4S/c1-19-10-17-21(25-17)15(14(19)5-6-16(19)18(24)26-11-22)4-3-12-9-13(23)7-8-20(12,21)2/h7-9,14-17,22H,3-6,10-11H2,1-2H3. The van der Waals surface area contributed by atoms with Crippen molar-refractivity contribution in [2.24, 2.45) is 28.6 Å². The van der Waals surface area contributed by atoms with E-state index in [0.717, 1.165) is 43.9 Å². The Morgan fingerprint density at radius 1 is 1.31 bits per heavy atom. The normalized spacial score (nSPS) is 51.0. The van der Waals surface area contributed by atoms with Gasteiger partial charge in [-0.3, -0.25) is 9.59 Å². The van der Waals surface area contributed by atoms with Crippen LogP contribution in [0.15, 0.2) is 23.8 Å². The van der Waals surface area contributed by atoms with Crippen LogP contribution in [-0.4, -0.2) is 33.6 Å². The van der Waals surface area contributed by atoms with Crippen molar-refractivity contribution in [2.45, 2.75) is 57.7 Å². The van der Waals surface area contributed by atoms with Crippen molar-refractivity contribution in [3.63, 3.8) is 0 Å². The van der Waals surface area contributed by atoms with Gasteiger partial charge in [0.25, 0.3) is 0 Å². The van der Waals surface area contributed by atoms with Gasteiger partial charge in [0.15, 0.2) is 10.9 Å². The molecule has 4 nitrogen and oxygen atoms in total. The molecule has 0 aromatic rings. The molecule has 3 saturated carbocycles. The van der Waals surface area contributed by atoms with E-state index in [-0.39, 0.29) is 45.3 Å². The highest BCUT2D eigenvalue weighted by Gasteiger charge is 2.79. The third-order valence-electron chi connectivity index (χ3n) is 8.42. The average Bonchev–Trinajstić information content (AvgIpc) is 3.20. The first-order valence-corrected chi connectivity index (χ1v) is 10.7. The van der Waals surface area contributed by atoms with Gasteiger partial charge in [-0.15, -0.1) is 0 Å². The molecule has 5 heteroatoms. The van der Waals surface area contributed by atoms with Crippen LogP contribution >= 0.6 is 11.8 Å². The van der Waals surface area contributed by atoms with Crippen LogP contribution in [0.25, 0.3) is 0 Å². The minimum absolute atomic E-state index is 0.0274. The summed E-state index contributed by atoms with van der Waals surface area (Å²) in [5.74, 6) is 0.925. The smallest absolute Gasteiger partial charge is 0.194 e. The molecule has 1 aliphatic heterocycles. The van der Waals surface area contributed by atoms with Crippen molar-refractivity contribution in [3.8, 4) is 0 Å². The third kappa shape index (κ3) is 1.90. The molecule has 0 aromatic carbocycles. The highest BCUT2D eigenvalue weighted by molar-refractivity contribution is 8.13. The monoisotopic (exact) mass is 374 g/mol. The zero-order valence-electron chi connectivity index (χ0n) is 15.4. The minimum atomic E-state index is -0.183. The highest BCUT2D eigenvalue weighted by atomic mass is 32.2. The Balaban J connectivity index is 1.52. The molecule has 7 unspecified atom stereocenters. The summed E-state index contributed by atoms with van der Waals surface area (Å²) in [6.45, 7) is 4.53. The fourth-order valence-corrected chi connectivity index (χ4v) is 7.91. The fraction of sp³-hybridized carbons (Fsp3) is 0.714. The molecule has 26 heavy (non-hydrogen) atoms. The van der Waals surface area contributed by atoms with Crippen LogP contribution < -0.4 is 0 Å². The van der Waals surface area contributed by atoms with E-state index >= 15 is 0 Å². The Bertz CT molecular complexity index is 757. The van der Waals surface area contributed by atoms with E-state index < -0.39 is 0 Å². The number of rotatable bonds is 2. The zero-order valence-corrected chi connectivity index (χ0v) is 16.2. The molecule has 4 fully saturated rings. The van der Waals surface area contributed by atoms with Gasteiger partial charge in [0.2, 0.25) is 0 Å². The number of ether oxygens (including phenoxy) is 1. The molecule has 1 N–H and O–H groups in total. The van der Waals surface area contributed by atoms with Crippen molar-refractivity contribution in [2.75, 3.05) is 5.94 Å². The molecular weight excluding hydrogens is 348 g/mol. The van der Waals surface area contributed by atoms with Crippen molar-refractivity contribution in [3.05, 3.63) is 23.8 Å². The van der Waals surface area contributed by atoms with Gasteiger partial charge in [-0.25, -0.2) is 0 Å². The first-order chi connectivity index (χ1) is 12.4. The average molecular weight is 375 g/mol. The molecule has 0 amide bonds. The number of ketones is 1. The molecule has 4 aliphatic carbocycles. The highest BCUT2D eigenvalue weighted by Crippen LogP contribution is 2.75. The molecular formula is C21H26O4S. The molecule has 0 bridgehead atoms. The second kappa shape index (κ2) is 5.33. The van der Waals surface area contributed by atoms with Gasteiger partial charge in [-0.1, -0.05) is 30.3 Å². The minimum Gasteiger partial charge on any atom is -0.385 e. The van der Waals surface area contributed by atoms with Gasteiger partial charge < -0.3 is 9.84 Å². The van der Waals surface area contributed by atoms with Gasteiger partial charge in [-0.05, 0) is 68.4 Å². The second-order valence-corrected chi connectivity index (χ2v) is 10.1. The second-order valence-electron chi connectivity index (χ2n) is 9.19. The van der Waals surface area contributed by atoms with E-state index in [9.17, 15) is 14.7 Å². The third-order valence-corrected chi connectivity index (χ3v) is 9.12. The van der Waals surface area contributed by atoms with Crippen molar-refractivity contribution >= 4 is 22.7 Å². The first-order valence-electron chi connectivity index (χ1n) is 9.76. The van der Waals surface area contributed by atoms with Crippen LogP contribution in [0, 0.1) is 28.6 Å². The number of epoxide rings is 1. The largest absolute Gasteiger partial charge is 0.385 e. The molecule has 0 radical (unpaired) electrons. The molecule has 7 atom stereocenters. The lowest BCUT2D eigenvalue weighted by atomic mass is 9.47. The number of thioether (sulfide) groups is 1. The van der Waals surface area contributed by atoms with Gasteiger partial charge in [0.1, 0.15) is 5.60 Å². The summed E-state index contributed by atoms with van der Waals surface area (Å²) in [4.78, 5) is 24.5. The van der Waals surface area contributed by atoms with E-state index in [1.807, 2.05) is 6.08 Å². The van der Waals surface area contributed by atoms with Crippen LogP contribution in [0.3, 0.4) is 0 Å². The predicted molar refractivity (Wildman–Crippen MR) is 99.3 cm³/mol. The fourth-order valence-electron chi connectivity index (χ4n) is 7.20. The van der Waals surface area contributed by atoms with Crippen LogP contribution in [0.5, 0.6) is 0 Å². The van der Waals surface area contributed by atoms with E-state index in [1.165, 1.54) is 5.57 Å². The summed E-state index contributed by atoms with van der Waals surface area (Å²) in [7, 11) is 0. The predicted octanol–water partition coefficient (Wildman–Crippen LogP) is 3.25. The Morgan fingerprint density at radius 2 is 2.12 bits per heavy atom. The summed E-state index contributed by atoms with van der Waals surface area (Å²) >= 11 is 1.06. The van der Waals surface area contributed by atoms with E-state index in [2.05, 4.69) is 19.9 Å². The van der Waals surface area contributed by atoms with Crippen molar-refractivity contribution in [1.82, 2.24) is 0 Å². The van der Waals surface area contributed by atoms with Crippen LogP contribution in [-0.2, 0) is 14.3 Å². The summed E-state index contributed by atoms with van der Waals surface area (Å²) in [5.41, 5.74) is 0.840. The van der Waals surface area contributed by atoms with E-state index in [0.29, 0.717) is 11.8 Å². The van der Waals surface area contributed by atoms with Gasteiger partial charge in [-0.2, -0.15) is 0 Å². The molecule has 1 spiro atoms. The van der Waals surface area contributed by atoms with Crippen molar-refractivity contribution in [1.29, 1.82) is 0 Å². The number of aliphatic hydroxyl groups is 1. The Hall–Kier alpha value is -0.910. The number of hydrogen-bond donors (Lipinski definition) is 1. The number of carbonyl (C=O) groups is 2. The van der Waals surface area contributed by atoms with Crippen molar-refractivity contribution < 1.29 is 19.4 Å². The zero-order chi connectivity index (χ0) is 18.3. The van der Waals surface area contributed by atoms with Crippen LogP contribution in [0.4, 0.5) is 0 Å². The Labute approximate surface area is 158 Å². The molecule has 140 valence electrons. The SMILES string of the molecule is CC12CC3OC34C(CCC3=CC(=O)C=CC34C)C1CCC2C(=O)SCO. The number of hydrogen-bond acceptors (Lipinski definition) is 5. The Kier molecular flexibility index (Phi) is 3.53. The maximum atomic E-state index is 12.6. The number of fused-ring (bicyclic) bond motifs is 3.